The van der Waals surface area contributed by atoms with Crippen molar-refractivity contribution in [2.75, 3.05) is 25.6 Å². The molecule has 17 heavy (non-hydrogen) atoms. The summed E-state index contributed by atoms with van der Waals surface area (Å²) in [4.78, 5) is 23.1. The van der Waals surface area contributed by atoms with E-state index in [9.17, 15) is 9.59 Å². The summed E-state index contributed by atoms with van der Waals surface area (Å²) < 4.78 is 5.80. The molecule has 0 saturated heterocycles. The smallest absolute Gasteiger partial charge is 0.341 e. The number of carboxylic acid groups (broad SMARTS) is 1. The zero-order chi connectivity index (χ0) is 13.0. The molecular formula is C11H12BrNO4. The third kappa shape index (κ3) is 3.45. The maximum Gasteiger partial charge on any atom is 0.341 e. The summed E-state index contributed by atoms with van der Waals surface area (Å²) in [5, 5.41) is 8.54. The minimum atomic E-state index is -1.09. The van der Waals surface area contributed by atoms with E-state index < -0.39 is 12.6 Å². The second-order valence-corrected chi connectivity index (χ2v) is 4.39. The minimum Gasteiger partial charge on any atom is -0.481 e. The third-order valence-corrected chi connectivity index (χ3v) is 2.67. The lowest BCUT2D eigenvalue weighted by atomic mass is 10.2. The molecule has 0 heterocycles. The predicted octanol–water partition coefficient (Wildman–Crippen LogP) is 1.79. The molecule has 1 N–H and O–H groups in total. The number of hydrogen-bond donors (Lipinski definition) is 1. The fourth-order valence-electron chi connectivity index (χ4n) is 1.26. The van der Waals surface area contributed by atoms with E-state index in [-0.39, 0.29) is 5.75 Å². The molecule has 0 bridgehead atoms. The van der Waals surface area contributed by atoms with Gasteiger partial charge in [0.2, 0.25) is 0 Å². The lowest BCUT2D eigenvalue weighted by Gasteiger charge is -2.17. The molecule has 0 saturated carbocycles. The van der Waals surface area contributed by atoms with Crippen LogP contribution in [0.1, 0.15) is 10.4 Å². The summed E-state index contributed by atoms with van der Waals surface area (Å²) >= 11 is 3.33. The average Bonchev–Trinajstić information content (AvgIpc) is 2.26. The van der Waals surface area contributed by atoms with Gasteiger partial charge in [0.1, 0.15) is 5.75 Å². The molecule has 0 amide bonds. The van der Waals surface area contributed by atoms with Crippen LogP contribution >= 0.6 is 15.9 Å². The highest BCUT2D eigenvalue weighted by Gasteiger charge is 2.11. The molecule has 0 aliphatic heterocycles. The zero-order valence-electron chi connectivity index (χ0n) is 9.44. The zero-order valence-corrected chi connectivity index (χ0v) is 11.0. The first-order valence-corrected chi connectivity index (χ1v) is 5.55. The van der Waals surface area contributed by atoms with Crippen LogP contribution in [-0.4, -0.2) is 38.1 Å². The van der Waals surface area contributed by atoms with E-state index in [1.807, 2.05) is 19.0 Å². The molecule has 0 radical (unpaired) electrons. The first kappa shape index (κ1) is 13.5. The Labute approximate surface area is 107 Å². The van der Waals surface area contributed by atoms with Gasteiger partial charge in [-0.1, -0.05) is 0 Å². The van der Waals surface area contributed by atoms with Gasteiger partial charge in [-0.3, -0.25) is 4.79 Å². The normalized spacial score (nSPS) is 9.82. The van der Waals surface area contributed by atoms with Crippen LogP contribution in [0.5, 0.6) is 5.75 Å². The second-order valence-electron chi connectivity index (χ2n) is 3.54. The lowest BCUT2D eigenvalue weighted by Crippen LogP contribution is -2.13. The molecular weight excluding hydrogens is 290 g/mol. The van der Waals surface area contributed by atoms with Crippen molar-refractivity contribution in [2.45, 2.75) is 0 Å². The highest BCUT2D eigenvalue weighted by atomic mass is 79.9. The molecule has 0 unspecified atom stereocenters. The van der Waals surface area contributed by atoms with Crippen molar-refractivity contribution in [1.82, 2.24) is 0 Å². The van der Waals surface area contributed by atoms with E-state index in [1.165, 1.54) is 0 Å². The Kier molecular flexibility index (Phi) is 4.51. The molecule has 6 heteroatoms. The molecule has 0 aliphatic rings. The fourth-order valence-corrected chi connectivity index (χ4v) is 1.97. The summed E-state index contributed by atoms with van der Waals surface area (Å²) in [6.45, 7) is -0.477. The Morgan fingerprint density at radius 3 is 2.65 bits per heavy atom. The largest absolute Gasteiger partial charge is 0.481 e. The van der Waals surface area contributed by atoms with Crippen LogP contribution in [-0.2, 0) is 4.79 Å². The Balaban J connectivity index is 3.12. The number of carbonyl (C=O) groups excluding carboxylic acids is 1. The number of aliphatic carboxylic acids is 1. The van der Waals surface area contributed by atoms with E-state index >= 15 is 0 Å². The molecule has 92 valence electrons. The maximum atomic E-state index is 10.8. The van der Waals surface area contributed by atoms with E-state index in [1.54, 1.807) is 12.1 Å². The van der Waals surface area contributed by atoms with Gasteiger partial charge in [0, 0.05) is 24.6 Å². The minimum absolute atomic E-state index is 0.259. The molecule has 0 spiro atoms. The summed E-state index contributed by atoms with van der Waals surface area (Å²) in [6, 6.07) is 3.22. The molecule has 0 atom stereocenters. The van der Waals surface area contributed by atoms with Crippen molar-refractivity contribution < 1.29 is 19.4 Å². The van der Waals surface area contributed by atoms with E-state index in [0.29, 0.717) is 11.8 Å². The topological polar surface area (TPSA) is 66.8 Å². The number of halogens is 1. The van der Waals surface area contributed by atoms with Crippen LogP contribution < -0.4 is 9.64 Å². The summed E-state index contributed by atoms with van der Waals surface area (Å²) in [7, 11) is 3.67. The van der Waals surface area contributed by atoms with Crippen LogP contribution in [0.25, 0.3) is 0 Å². The highest BCUT2D eigenvalue weighted by molar-refractivity contribution is 9.10. The van der Waals surface area contributed by atoms with Crippen molar-refractivity contribution in [2.24, 2.45) is 0 Å². The van der Waals surface area contributed by atoms with E-state index in [0.717, 1.165) is 10.2 Å². The SMILES string of the molecule is CN(C)c1cc(OCC(=O)O)c(C=O)cc1Br. The van der Waals surface area contributed by atoms with Crippen molar-refractivity contribution >= 4 is 33.9 Å². The number of hydrogen-bond acceptors (Lipinski definition) is 4. The summed E-state index contributed by atoms with van der Waals surface area (Å²) in [6.07, 6.45) is 0.626. The summed E-state index contributed by atoms with van der Waals surface area (Å²) in [5.41, 5.74) is 1.11. The Hall–Kier alpha value is -1.56. The van der Waals surface area contributed by atoms with Crippen molar-refractivity contribution in [3.63, 3.8) is 0 Å². The lowest BCUT2D eigenvalue weighted by molar-refractivity contribution is -0.139. The van der Waals surface area contributed by atoms with Gasteiger partial charge in [-0.2, -0.15) is 0 Å². The Morgan fingerprint density at radius 1 is 1.53 bits per heavy atom. The molecule has 0 fully saturated rings. The molecule has 0 aliphatic carbocycles. The van der Waals surface area contributed by atoms with Gasteiger partial charge in [0.25, 0.3) is 0 Å². The number of carboxylic acids is 1. The Bertz CT molecular complexity index is 445. The van der Waals surface area contributed by atoms with Gasteiger partial charge in [-0.25, -0.2) is 4.79 Å². The summed E-state index contributed by atoms with van der Waals surface area (Å²) in [5.74, 6) is -0.828. The number of benzene rings is 1. The van der Waals surface area contributed by atoms with Gasteiger partial charge in [0.05, 0.1) is 11.3 Å². The first-order chi connectivity index (χ1) is 7.95. The first-order valence-electron chi connectivity index (χ1n) is 4.76. The van der Waals surface area contributed by atoms with Crippen molar-refractivity contribution in [1.29, 1.82) is 0 Å². The van der Waals surface area contributed by atoms with Gasteiger partial charge in [-0.15, -0.1) is 0 Å². The number of aldehydes is 1. The van der Waals surface area contributed by atoms with Crippen LogP contribution in [0.3, 0.4) is 0 Å². The number of anilines is 1. The van der Waals surface area contributed by atoms with Gasteiger partial charge in [0.15, 0.2) is 12.9 Å². The monoisotopic (exact) mass is 301 g/mol. The van der Waals surface area contributed by atoms with E-state index in [4.69, 9.17) is 9.84 Å². The molecule has 5 nitrogen and oxygen atoms in total. The molecule has 1 aromatic carbocycles. The fraction of sp³-hybridized carbons (Fsp3) is 0.273. The maximum absolute atomic E-state index is 10.8. The third-order valence-electron chi connectivity index (χ3n) is 2.04. The van der Waals surface area contributed by atoms with Gasteiger partial charge < -0.3 is 14.7 Å². The van der Waals surface area contributed by atoms with Crippen LogP contribution in [0.2, 0.25) is 0 Å². The van der Waals surface area contributed by atoms with E-state index in [2.05, 4.69) is 15.9 Å². The predicted molar refractivity (Wildman–Crippen MR) is 67.0 cm³/mol. The quantitative estimate of drug-likeness (QED) is 0.840. The van der Waals surface area contributed by atoms with Gasteiger partial charge in [-0.05, 0) is 22.0 Å². The standard InChI is InChI=1S/C11H12BrNO4/c1-13(2)9-4-10(17-6-11(15)16)7(5-14)3-8(9)12/h3-5H,6H2,1-2H3,(H,15,16). The van der Waals surface area contributed by atoms with Crippen molar-refractivity contribution in [3.8, 4) is 5.75 Å². The van der Waals surface area contributed by atoms with Crippen LogP contribution in [0.4, 0.5) is 5.69 Å². The number of ether oxygens (including phenoxy) is 1. The number of rotatable bonds is 5. The Morgan fingerprint density at radius 2 is 2.18 bits per heavy atom. The van der Waals surface area contributed by atoms with Crippen LogP contribution in [0, 0.1) is 0 Å². The van der Waals surface area contributed by atoms with Crippen LogP contribution in [0.15, 0.2) is 16.6 Å². The van der Waals surface area contributed by atoms with Gasteiger partial charge >= 0.3 is 5.97 Å². The highest BCUT2D eigenvalue weighted by Crippen LogP contribution is 2.32. The molecule has 1 aromatic rings. The second kappa shape index (κ2) is 5.67. The molecule has 1 rings (SSSR count). The molecule has 0 aromatic heterocycles. The van der Waals surface area contributed by atoms with Crippen molar-refractivity contribution in [3.05, 3.63) is 22.2 Å². The number of nitrogens with zero attached hydrogens (tertiary/aromatic N) is 1. The number of carbonyl (C=O) groups is 2. The average molecular weight is 302 g/mol.